The summed E-state index contributed by atoms with van der Waals surface area (Å²) in [4.78, 5) is 0. The number of fused-ring (bicyclic) bond motifs is 11. The quantitative estimate of drug-likeness (QED) is 0.208. The second-order valence-electron chi connectivity index (χ2n) is 9.51. The zero-order chi connectivity index (χ0) is 23.1. The molecule has 5 aromatic carbocycles. The van der Waals surface area contributed by atoms with Crippen LogP contribution in [0.4, 0.5) is 0 Å². The summed E-state index contributed by atoms with van der Waals surface area (Å²) < 4.78 is 3.43. The van der Waals surface area contributed by atoms with E-state index >= 15 is 0 Å². The highest BCUT2D eigenvalue weighted by atomic mass is 79.9. The van der Waals surface area contributed by atoms with Gasteiger partial charge in [-0.1, -0.05) is 94.8 Å². The van der Waals surface area contributed by atoms with Gasteiger partial charge in [0.1, 0.15) is 0 Å². The molecule has 2 aliphatic carbocycles. The molecule has 0 saturated heterocycles. The van der Waals surface area contributed by atoms with E-state index in [0.29, 0.717) is 0 Å². The Balaban J connectivity index is 1.51. The summed E-state index contributed by atoms with van der Waals surface area (Å²) in [7, 11) is 0. The van der Waals surface area contributed by atoms with Crippen LogP contribution in [-0.4, -0.2) is 4.57 Å². The lowest BCUT2D eigenvalue weighted by atomic mass is 9.70. The van der Waals surface area contributed by atoms with E-state index in [1.807, 2.05) is 0 Å². The fraction of sp³-hybridized carbons (Fsp3) is 0.0303. The molecule has 0 saturated carbocycles. The van der Waals surface area contributed by atoms with Gasteiger partial charge in [0, 0.05) is 16.4 Å². The normalized spacial score (nSPS) is 14.1. The lowest BCUT2D eigenvalue weighted by molar-refractivity contribution is 0.791. The van der Waals surface area contributed by atoms with Crippen LogP contribution >= 0.6 is 15.9 Å². The second-order valence-corrected chi connectivity index (χ2v) is 10.4. The number of benzene rings is 5. The van der Waals surface area contributed by atoms with E-state index in [1.165, 1.54) is 61.1 Å². The maximum atomic E-state index is 3.79. The highest BCUT2D eigenvalue weighted by Gasteiger charge is 2.51. The minimum absolute atomic E-state index is 0.333. The average molecular weight is 510 g/mol. The lowest BCUT2D eigenvalue weighted by Crippen LogP contribution is -2.26. The molecule has 1 aromatic heterocycles. The Kier molecular flexibility index (Phi) is 3.80. The van der Waals surface area contributed by atoms with Crippen molar-refractivity contribution in [3.8, 4) is 27.9 Å². The van der Waals surface area contributed by atoms with E-state index in [2.05, 4.69) is 142 Å². The van der Waals surface area contributed by atoms with Gasteiger partial charge in [0.15, 0.2) is 0 Å². The molecule has 164 valence electrons. The van der Waals surface area contributed by atoms with E-state index in [4.69, 9.17) is 0 Å². The SMILES string of the molecule is Brc1ccc2c(c1)C1(c3ccccc3-c3ccccc31)c1cc(-n3ccc4ccccc43)ccc1-2. The fourth-order valence-corrected chi connectivity index (χ4v) is 6.92. The Morgan fingerprint density at radius 3 is 1.89 bits per heavy atom. The highest BCUT2D eigenvalue weighted by molar-refractivity contribution is 9.10. The van der Waals surface area contributed by atoms with Gasteiger partial charge in [0.05, 0.1) is 10.9 Å². The zero-order valence-corrected chi connectivity index (χ0v) is 20.5. The maximum absolute atomic E-state index is 3.79. The van der Waals surface area contributed by atoms with Crippen LogP contribution in [0.25, 0.3) is 38.8 Å². The van der Waals surface area contributed by atoms with E-state index in [9.17, 15) is 0 Å². The molecule has 1 nitrogen and oxygen atoms in total. The minimum atomic E-state index is -0.333. The van der Waals surface area contributed by atoms with Gasteiger partial charge in [-0.3, -0.25) is 0 Å². The van der Waals surface area contributed by atoms with Crippen molar-refractivity contribution in [2.75, 3.05) is 0 Å². The average Bonchev–Trinajstić information content (AvgIpc) is 3.55. The number of aromatic nitrogens is 1. The monoisotopic (exact) mass is 509 g/mol. The molecule has 0 aliphatic heterocycles. The molecule has 1 spiro atoms. The summed E-state index contributed by atoms with van der Waals surface area (Å²) in [5.41, 5.74) is 12.8. The molecule has 0 amide bonds. The molecular formula is C33H20BrN. The van der Waals surface area contributed by atoms with E-state index in [0.717, 1.165) is 4.47 Å². The third-order valence-corrected chi connectivity index (χ3v) is 8.41. The number of hydrogen-bond acceptors (Lipinski definition) is 0. The molecule has 6 aromatic rings. The van der Waals surface area contributed by atoms with Gasteiger partial charge in [-0.25, -0.2) is 0 Å². The number of halogens is 1. The van der Waals surface area contributed by atoms with Crippen molar-refractivity contribution < 1.29 is 0 Å². The Morgan fingerprint density at radius 2 is 1.11 bits per heavy atom. The van der Waals surface area contributed by atoms with Crippen LogP contribution in [0.3, 0.4) is 0 Å². The Labute approximate surface area is 212 Å². The number of rotatable bonds is 1. The summed E-state index contributed by atoms with van der Waals surface area (Å²) in [5.74, 6) is 0. The fourth-order valence-electron chi connectivity index (χ4n) is 6.56. The van der Waals surface area contributed by atoms with Gasteiger partial charge in [-0.15, -0.1) is 0 Å². The Bertz CT molecular complexity index is 1780. The van der Waals surface area contributed by atoms with Crippen molar-refractivity contribution in [2.24, 2.45) is 0 Å². The summed E-state index contributed by atoms with van der Waals surface area (Å²) in [6.07, 6.45) is 2.19. The van der Waals surface area contributed by atoms with Crippen molar-refractivity contribution in [3.63, 3.8) is 0 Å². The topological polar surface area (TPSA) is 4.93 Å². The molecule has 8 rings (SSSR count). The van der Waals surface area contributed by atoms with Crippen molar-refractivity contribution in [2.45, 2.75) is 5.41 Å². The molecule has 0 bridgehead atoms. The predicted octanol–water partition coefficient (Wildman–Crippen LogP) is 8.74. The van der Waals surface area contributed by atoms with Crippen molar-refractivity contribution >= 4 is 26.8 Å². The first-order valence-corrected chi connectivity index (χ1v) is 12.8. The van der Waals surface area contributed by atoms with E-state index in [1.54, 1.807) is 0 Å². The molecule has 0 fully saturated rings. The smallest absolute Gasteiger partial charge is 0.0726 e. The lowest BCUT2D eigenvalue weighted by Gasteiger charge is -2.31. The predicted molar refractivity (Wildman–Crippen MR) is 147 cm³/mol. The molecule has 0 N–H and O–H groups in total. The third kappa shape index (κ3) is 2.38. The second kappa shape index (κ2) is 6.84. The molecule has 0 unspecified atom stereocenters. The van der Waals surface area contributed by atoms with Crippen molar-refractivity contribution in [3.05, 3.63) is 148 Å². The number of nitrogens with zero attached hydrogens (tertiary/aromatic N) is 1. The first kappa shape index (κ1) is 19.4. The van der Waals surface area contributed by atoms with Gasteiger partial charge in [0.2, 0.25) is 0 Å². The van der Waals surface area contributed by atoms with Gasteiger partial charge < -0.3 is 4.57 Å². The summed E-state index contributed by atoms with van der Waals surface area (Å²) in [6, 6.07) is 42.5. The Morgan fingerprint density at radius 1 is 0.514 bits per heavy atom. The van der Waals surface area contributed by atoms with Crippen molar-refractivity contribution in [1.29, 1.82) is 0 Å². The molecular weight excluding hydrogens is 490 g/mol. The highest BCUT2D eigenvalue weighted by Crippen LogP contribution is 2.63. The molecule has 0 atom stereocenters. The van der Waals surface area contributed by atoms with Crippen LogP contribution in [0, 0.1) is 0 Å². The summed E-state index contributed by atoms with van der Waals surface area (Å²) >= 11 is 3.79. The number of para-hydroxylation sites is 1. The molecule has 0 radical (unpaired) electrons. The van der Waals surface area contributed by atoms with Gasteiger partial charge in [0.25, 0.3) is 0 Å². The van der Waals surface area contributed by atoms with Crippen LogP contribution in [0.2, 0.25) is 0 Å². The minimum Gasteiger partial charge on any atom is -0.317 e. The van der Waals surface area contributed by atoms with Crippen LogP contribution in [0.15, 0.2) is 126 Å². The van der Waals surface area contributed by atoms with Crippen LogP contribution in [0.1, 0.15) is 22.3 Å². The summed E-state index contributed by atoms with van der Waals surface area (Å²) in [5, 5.41) is 1.26. The third-order valence-electron chi connectivity index (χ3n) is 7.91. The van der Waals surface area contributed by atoms with Crippen molar-refractivity contribution in [1.82, 2.24) is 4.57 Å². The first-order valence-electron chi connectivity index (χ1n) is 12.0. The van der Waals surface area contributed by atoms with E-state index < -0.39 is 0 Å². The Hall–Kier alpha value is -3.88. The van der Waals surface area contributed by atoms with Crippen LogP contribution < -0.4 is 0 Å². The van der Waals surface area contributed by atoms with Gasteiger partial charge in [-0.2, -0.15) is 0 Å². The molecule has 1 heterocycles. The maximum Gasteiger partial charge on any atom is 0.0726 e. The van der Waals surface area contributed by atoms with Crippen LogP contribution in [0.5, 0.6) is 0 Å². The van der Waals surface area contributed by atoms with E-state index in [-0.39, 0.29) is 5.41 Å². The number of hydrogen-bond donors (Lipinski definition) is 0. The van der Waals surface area contributed by atoms with Crippen LogP contribution in [-0.2, 0) is 5.41 Å². The standard InChI is InChI=1S/C33H20BrN/c34-22-13-15-26-27-16-14-23(35-18-17-21-7-1-6-12-32(21)35)20-31(27)33(30(26)19-22)28-10-4-2-8-24(28)25-9-3-5-11-29(25)33/h1-20H. The summed E-state index contributed by atoms with van der Waals surface area (Å²) in [6.45, 7) is 0. The van der Waals surface area contributed by atoms with Gasteiger partial charge >= 0.3 is 0 Å². The first-order chi connectivity index (χ1) is 17.3. The van der Waals surface area contributed by atoms with Gasteiger partial charge in [-0.05, 0) is 86.3 Å². The largest absolute Gasteiger partial charge is 0.317 e. The molecule has 35 heavy (non-hydrogen) atoms. The molecule has 2 aliphatic rings. The molecule has 2 heteroatoms. The zero-order valence-electron chi connectivity index (χ0n) is 18.9.